The van der Waals surface area contributed by atoms with Crippen LogP contribution < -0.4 is 5.32 Å². The van der Waals surface area contributed by atoms with Crippen LogP contribution in [-0.4, -0.2) is 17.0 Å². The summed E-state index contributed by atoms with van der Waals surface area (Å²) in [4.78, 5) is 25.1. The van der Waals surface area contributed by atoms with Crippen LogP contribution in [0.5, 0.6) is 0 Å². The zero-order valence-corrected chi connectivity index (χ0v) is 13.3. The molecule has 0 bridgehead atoms. The van der Waals surface area contributed by atoms with Crippen molar-refractivity contribution in [3.63, 3.8) is 0 Å². The average Bonchev–Trinajstić information content (AvgIpc) is 2.91. The number of carbonyl (C=O) groups is 2. The topological polar surface area (TPSA) is 66.4 Å². The summed E-state index contributed by atoms with van der Waals surface area (Å²) in [5.41, 5.74) is 1.15. The first-order valence-corrected chi connectivity index (χ1v) is 8.00. The number of hydrogen-bond donors (Lipinski definition) is 2. The van der Waals surface area contributed by atoms with E-state index in [1.54, 1.807) is 35.6 Å². The van der Waals surface area contributed by atoms with Gasteiger partial charge >= 0.3 is 5.97 Å². The van der Waals surface area contributed by atoms with Crippen LogP contribution >= 0.6 is 11.3 Å². The van der Waals surface area contributed by atoms with Crippen LogP contribution in [0.4, 0.5) is 0 Å². The lowest BCUT2D eigenvalue weighted by Crippen LogP contribution is -2.22. The number of thiophene rings is 1. The molecule has 1 amide bonds. The molecule has 2 aromatic rings. The number of carbonyl (C=O) groups excluding carboxylic acids is 1. The predicted molar refractivity (Wildman–Crippen MR) is 87.2 cm³/mol. The normalized spacial score (nSPS) is 10.4. The highest BCUT2D eigenvalue weighted by Crippen LogP contribution is 2.17. The standard InChI is InChI=1S/C17H19NO3S/c1-12-5-10-15(22-12)3-2-4-16(19)18-11-13-6-8-14(9-7-13)17(20)21/h5-10H,2-4,11H2,1H3,(H,18,19)(H,20,21). The Morgan fingerprint density at radius 2 is 1.86 bits per heavy atom. The number of carboxylic acid groups (broad SMARTS) is 1. The molecule has 0 saturated heterocycles. The molecule has 22 heavy (non-hydrogen) atoms. The highest BCUT2D eigenvalue weighted by molar-refractivity contribution is 7.11. The maximum atomic E-state index is 11.8. The number of rotatable bonds is 7. The van der Waals surface area contributed by atoms with Gasteiger partial charge in [0.05, 0.1) is 5.56 Å². The Kier molecular flexibility index (Phi) is 5.72. The van der Waals surface area contributed by atoms with Crippen molar-refractivity contribution in [3.8, 4) is 0 Å². The van der Waals surface area contributed by atoms with E-state index in [1.807, 2.05) is 0 Å². The number of benzene rings is 1. The molecular formula is C17H19NO3S. The van der Waals surface area contributed by atoms with Gasteiger partial charge in [0.1, 0.15) is 0 Å². The Labute approximate surface area is 133 Å². The van der Waals surface area contributed by atoms with Gasteiger partial charge in [-0.1, -0.05) is 12.1 Å². The van der Waals surface area contributed by atoms with Crippen molar-refractivity contribution in [1.82, 2.24) is 5.32 Å². The van der Waals surface area contributed by atoms with Crippen molar-refractivity contribution in [2.75, 3.05) is 0 Å². The molecule has 0 radical (unpaired) electrons. The molecular weight excluding hydrogens is 298 g/mol. The lowest BCUT2D eigenvalue weighted by Gasteiger charge is -2.05. The predicted octanol–water partition coefficient (Wildman–Crippen LogP) is 3.39. The molecule has 1 aromatic carbocycles. The van der Waals surface area contributed by atoms with Gasteiger partial charge in [-0.05, 0) is 49.6 Å². The van der Waals surface area contributed by atoms with Gasteiger partial charge in [-0.15, -0.1) is 11.3 Å². The Bertz CT molecular complexity index is 646. The fraction of sp³-hybridized carbons (Fsp3) is 0.294. The molecule has 0 unspecified atom stereocenters. The highest BCUT2D eigenvalue weighted by atomic mass is 32.1. The van der Waals surface area contributed by atoms with Crippen LogP contribution in [0.15, 0.2) is 36.4 Å². The van der Waals surface area contributed by atoms with Gasteiger partial charge in [-0.3, -0.25) is 4.79 Å². The summed E-state index contributed by atoms with van der Waals surface area (Å²) < 4.78 is 0. The van der Waals surface area contributed by atoms with E-state index in [0.717, 1.165) is 18.4 Å². The lowest BCUT2D eigenvalue weighted by molar-refractivity contribution is -0.121. The number of hydrogen-bond acceptors (Lipinski definition) is 3. The first-order chi connectivity index (χ1) is 10.5. The van der Waals surface area contributed by atoms with E-state index in [-0.39, 0.29) is 11.5 Å². The monoisotopic (exact) mass is 317 g/mol. The summed E-state index contributed by atoms with van der Waals surface area (Å²) in [5, 5.41) is 11.7. The van der Waals surface area contributed by atoms with Crippen molar-refractivity contribution in [2.24, 2.45) is 0 Å². The van der Waals surface area contributed by atoms with E-state index in [2.05, 4.69) is 24.4 Å². The van der Waals surface area contributed by atoms with Crippen LogP contribution in [-0.2, 0) is 17.8 Å². The van der Waals surface area contributed by atoms with Crippen LogP contribution in [0.25, 0.3) is 0 Å². The van der Waals surface area contributed by atoms with Gasteiger partial charge in [0.25, 0.3) is 0 Å². The third-order valence-electron chi connectivity index (χ3n) is 3.31. The summed E-state index contributed by atoms with van der Waals surface area (Å²) >= 11 is 1.77. The van der Waals surface area contributed by atoms with E-state index in [9.17, 15) is 9.59 Å². The molecule has 2 N–H and O–H groups in total. The number of amides is 1. The molecule has 116 valence electrons. The van der Waals surface area contributed by atoms with E-state index in [1.165, 1.54) is 9.75 Å². The molecule has 1 heterocycles. The van der Waals surface area contributed by atoms with Crippen molar-refractivity contribution >= 4 is 23.2 Å². The Morgan fingerprint density at radius 1 is 1.14 bits per heavy atom. The maximum absolute atomic E-state index is 11.8. The fourth-order valence-electron chi connectivity index (χ4n) is 2.10. The van der Waals surface area contributed by atoms with E-state index in [0.29, 0.717) is 13.0 Å². The minimum Gasteiger partial charge on any atom is -0.478 e. The van der Waals surface area contributed by atoms with E-state index in [4.69, 9.17) is 5.11 Å². The van der Waals surface area contributed by atoms with Crippen molar-refractivity contribution in [2.45, 2.75) is 32.7 Å². The van der Waals surface area contributed by atoms with E-state index < -0.39 is 5.97 Å². The SMILES string of the molecule is Cc1ccc(CCCC(=O)NCc2ccc(C(=O)O)cc2)s1. The Balaban J connectivity index is 1.69. The summed E-state index contributed by atoms with van der Waals surface area (Å²) in [6.45, 7) is 2.51. The van der Waals surface area contributed by atoms with Crippen LogP contribution in [0.2, 0.25) is 0 Å². The van der Waals surface area contributed by atoms with Crippen molar-refractivity contribution in [1.29, 1.82) is 0 Å². The Morgan fingerprint density at radius 3 is 2.45 bits per heavy atom. The second-order valence-corrected chi connectivity index (χ2v) is 6.52. The van der Waals surface area contributed by atoms with Gasteiger partial charge in [-0.25, -0.2) is 4.79 Å². The second kappa shape index (κ2) is 7.75. The number of aryl methyl sites for hydroxylation is 2. The lowest BCUT2D eigenvalue weighted by atomic mass is 10.1. The summed E-state index contributed by atoms with van der Waals surface area (Å²) in [5.74, 6) is -0.921. The zero-order valence-electron chi connectivity index (χ0n) is 12.5. The second-order valence-electron chi connectivity index (χ2n) is 5.14. The third kappa shape index (κ3) is 5.00. The molecule has 0 fully saturated rings. The molecule has 4 nitrogen and oxygen atoms in total. The number of nitrogens with one attached hydrogen (secondary N) is 1. The summed E-state index contributed by atoms with van der Waals surface area (Å²) in [6.07, 6.45) is 2.27. The minimum atomic E-state index is -0.945. The molecule has 5 heteroatoms. The van der Waals surface area contributed by atoms with Crippen molar-refractivity contribution < 1.29 is 14.7 Å². The third-order valence-corrected chi connectivity index (χ3v) is 4.37. The number of aromatic carboxylic acids is 1. The summed E-state index contributed by atoms with van der Waals surface area (Å²) in [6, 6.07) is 10.7. The fourth-order valence-corrected chi connectivity index (χ4v) is 3.03. The first kappa shape index (κ1) is 16.2. The van der Waals surface area contributed by atoms with Crippen LogP contribution in [0, 0.1) is 6.92 Å². The summed E-state index contributed by atoms with van der Waals surface area (Å²) in [7, 11) is 0. The molecule has 0 atom stereocenters. The maximum Gasteiger partial charge on any atom is 0.335 e. The first-order valence-electron chi connectivity index (χ1n) is 7.19. The molecule has 0 aliphatic rings. The molecule has 2 rings (SSSR count). The average molecular weight is 317 g/mol. The molecule has 0 spiro atoms. The Hall–Kier alpha value is -2.14. The van der Waals surface area contributed by atoms with Crippen LogP contribution in [0.3, 0.4) is 0 Å². The van der Waals surface area contributed by atoms with Crippen LogP contribution in [0.1, 0.15) is 38.5 Å². The van der Waals surface area contributed by atoms with E-state index >= 15 is 0 Å². The largest absolute Gasteiger partial charge is 0.478 e. The smallest absolute Gasteiger partial charge is 0.335 e. The van der Waals surface area contributed by atoms with Gasteiger partial charge in [0.15, 0.2) is 0 Å². The molecule has 1 aromatic heterocycles. The van der Waals surface area contributed by atoms with Gasteiger partial charge in [0.2, 0.25) is 5.91 Å². The van der Waals surface area contributed by atoms with Gasteiger partial charge in [-0.2, -0.15) is 0 Å². The molecule has 0 aliphatic heterocycles. The molecule has 0 saturated carbocycles. The molecule has 0 aliphatic carbocycles. The number of carboxylic acids is 1. The van der Waals surface area contributed by atoms with Gasteiger partial charge in [0, 0.05) is 22.7 Å². The highest BCUT2D eigenvalue weighted by Gasteiger charge is 2.05. The quantitative estimate of drug-likeness (QED) is 0.822. The van der Waals surface area contributed by atoms with Crippen molar-refractivity contribution in [3.05, 3.63) is 57.3 Å². The van der Waals surface area contributed by atoms with Gasteiger partial charge < -0.3 is 10.4 Å². The zero-order chi connectivity index (χ0) is 15.9. The minimum absolute atomic E-state index is 0.0237.